The maximum Gasteiger partial charge on any atom is 0.303 e. The number of hydrogen-bond acceptors (Lipinski definition) is 2. The number of rotatable bonds is 4. The molecule has 0 atom stereocenters. The van der Waals surface area contributed by atoms with Gasteiger partial charge in [0.25, 0.3) is 0 Å². The highest BCUT2D eigenvalue weighted by molar-refractivity contribution is 5.85. The Morgan fingerprint density at radius 1 is 1.21 bits per heavy atom. The molecule has 14 heavy (non-hydrogen) atoms. The molecule has 1 saturated carbocycles. The first kappa shape index (κ1) is 13.7. The van der Waals surface area contributed by atoms with Crippen LogP contribution >= 0.6 is 12.4 Å². The minimum atomic E-state index is -0.666. The molecule has 3 nitrogen and oxygen atoms in total. The van der Waals surface area contributed by atoms with Crippen LogP contribution in [-0.2, 0) is 4.79 Å². The summed E-state index contributed by atoms with van der Waals surface area (Å²) in [5, 5.41) is 8.52. The van der Waals surface area contributed by atoms with E-state index in [2.05, 4.69) is 0 Å². The number of carboxylic acid groups (broad SMARTS) is 1. The number of aliphatic carboxylic acids is 1. The van der Waals surface area contributed by atoms with Gasteiger partial charge in [0, 0.05) is 6.42 Å². The largest absolute Gasteiger partial charge is 0.481 e. The summed E-state index contributed by atoms with van der Waals surface area (Å²) < 4.78 is 0. The van der Waals surface area contributed by atoms with Gasteiger partial charge in [0.1, 0.15) is 0 Å². The van der Waals surface area contributed by atoms with E-state index >= 15 is 0 Å². The van der Waals surface area contributed by atoms with Gasteiger partial charge in [-0.05, 0) is 37.6 Å². The standard InChI is InChI=1S/C10H19NO2.ClH/c11-7-9-3-1-8(2-4-9)5-6-10(12)13;/h8-9H,1-7,11H2,(H,12,13);1H/t8-,9-;. The van der Waals surface area contributed by atoms with Gasteiger partial charge in [-0.2, -0.15) is 0 Å². The topological polar surface area (TPSA) is 63.3 Å². The first-order valence-corrected chi connectivity index (χ1v) is 5.14. The molecular weight excluding hydrogens is 202 g/mol. The zero-order chi connectivity index (χ0) is 9.68. The maximum atomic E-state index is 10.3. The van der Waals surface area contributed by atoms with Crippen LogP contribution in [0.5, 0.6) is 0 Å². The molecule has 4 heteroatoms. The fraction of sp³-hybridized carbons (Fsp3) is 0.900. The van der Waals surface area contributed by atoms with Crippen LogP contribution in [0.4, 0.5) is 0 Å². The molecule has 0 bridgehead atoms. The molecule has 84 valence electrons. The van der Waals surface area contributed by atoms with Gasteiger partial charge in [-0.25, -0.2) is 0 Å². The van der Waals surface area contributed by atoms with E-state index in [1.807, 2.05) is 0 Å². The average molecular weight is 222 g/mol. The van der Waals surface area contributed by atoms with Crippen LogP contribution < -0.4 is 5.73 Å². The predicted molar refractivity (Wildman–Crippen MR) is 58.6 cm³/mol. The average Bonchev–Trinajstić information content (AvgIpc) is 2.15. The lowest BCUT2D eigenvalue weighted by Crippen LogP contribution is -2.21. The number of halogens is 1. The van der Waals surface area contributed by atoms with E-state index < -0.39 is 5.97 Å². The van der Waals surface area contributed by atoms with Crippen molar-refractivity contribution in [2.45, 2.75) is 38.5 Å². The van der Waals surface area contributed by atoms with Crippen molar-refractivity contribution in [1.82, 2.24) is 0 Å². The van der Waals surface area contributed by atoms with Gasteiger partial charge in [0.15, 0.2) is 0 Å². The lowest BCUT2D eigenvalue weighted by Gasteiger charge is -2.27. The minimum Gasteiger partial charge on any atom is -0.481 e. The summed E-state index contributed by atoms with van der Waals surface area (Å²) in [5.41, 5.74) is 5.58. The van der Waals surface area contributed by atoms with Crippen LogP contribution in [0.3, 0.4) is 0 Å². The van der Waals surface area contributed by atoms with Crippen molar-refractivity contribution in [3.63, 3.8) is 0 Å². The van der Waals surface area contributed by atoms with Gasteiger partial charge >= 0.3 is 5.97 Å². The molecule has 1 aliphatic carbocycles. The molecule has 0 aromatic heterocycles. The highest BCUT2D eigenvalue weighted by Crippen LogP contribution is 2.30. The third-order valence-corrected chi connectivity index (χ3v) is 3.07. The van der Waals surface area contributed by atoms with Crippen molar-refractivity contribution in [2.24, 2.45) is 17.6 Å². The summed E-state index contributed by atoms with van der Waals surface area (Å²) in [4.78, 5) is 10.3. The molecular formula is C10H20ClNO2. The van der Waals surface area contributed by atoms with Crippen LogP contribution in [0.2, 0.25) is 0 Å². The molecule has 0 heterocycles. The molecule has 1 aliphatic rings. The summed E-state index contributed by atoms with van der Waals surface area (Å²) >= 11 is 0. The Hall–Kier alpha value is -0.280. The van der Waals surface area contributed by atoms with E-state index in [-0.39, 0.29) is 12.4 Å². The molecule has 0 aromatic carbocycles. The smallest absolute Gasteiger partial charge is 0.303 e. The normalized spacial score (nSPS) is 26.6. The maximum absolute atomic E-state index is 10.3. The van der Waals surface area contributed by atoms with E-state index in [1.165, 1.54) is 25.7 Å². The van der Waals surface area contributed by atoms with Crippen LogP contribution in [-0.4, -0.2) is 17.6 Å². The van der Waals surface area contributed by atoms with Crippen LogP contribution in [0.15, 0.2) is 0 Å². The summed E-state index contributed by atoms with van der Waals surface area (Å²) in [6.07, 6.45) is 5.93. The zero-order valence-corrected chi connectivity index (χ0v) is 9.26. The fourth-order valence-electron chi connectivity index (χ4n) is 2.08. The van der Waals surface area contributed by atoms with Crippen molar-refractivity contribution in [3.8, 4) is 0 Å². The second kappa shape index (κ2) is 7.07. The Morgan fingerprint density at radius 3 is 2.14 bits per heavy atom. The van der Waals surface area contributed by atoms with Crippen molar-refractivity contribution >= 4 is 18.4 Å². The highest BCUT2D eigenvalue weighted by Gasteiger charge is 2.20. The van der Waals surface area contributed by atoms with Crippen molar-refractivity contribution < 1.29 is 9.90 Å². The Kier molecular flexibility index (Phi) is 6.93. The molecule has 0 unspecified atom stereocenters. The number of carboxylic acids is 1. The van der Waals surface area contributed by atoms with Gasteiger partial charge in [0.05, 0.1) is 0 Å². The van der Waals surface area contributed by atoms with E-state index in [0.717, 1.165) is 13.0 Å². The van der Waals surface area contributed by atoms with E-state index in [1.54, 1.807) is 0 Å². The first-order valence-electron chi connectivity index (χ1n) is 5.14. The third-order valence-electron chi connectivity index (χ3n) is 3.07. The molecule has 0 amide bonds. The van der Waals surface area contributed by atoms with Crippen LogP contribution in [0, 0.1) is 11.8 Å². The highest BCUT2D eigenvalue weighted by atomic mass is 35.5. The van der Waals surface area contributed by atoms with E-state index in [0.29, 0.717) is 18.3 Å². The lowest BCUT2D eigenvalue weighted by atomic mass is 9.80. The summed E-state index contributed by atoms with van der Waals surface area (Å²) in [6, 6.07) is 0. The number of nitrogens with two attached hydrogens (primary N) is 1. The molecule has 0 aromatic rings. The second-order valence-corrected chi connectivity index (χ2v) is 4.05. The van der Waals surface area contributed by atoms with Crippen molar-refractivity contribution in [1.29, 1.82) is 0 Å². The Morgan fingerprint density at radius 2 is 1.71 bits per heavy atom. The van der Waals surface area contributed by atoms with Gasteiger partial charge in [-0.3, -0.25) is 4.79 Å². The molecule has 1 fully saturated rings. The van der Waals surface area contributed by atoms with Gasteiger partial charge in [-0.15, -0.1) is 12.4 Å². The quantitative estimate of drug-likeness (QED) is 0.764. The van der Waals surface area contributed by atoms with E-state index in [9.17, 15) is 4.79 Å². The predicted octanol–water partition coefficient (Wildman–Crippen LogP) is 2.04. The number of hydrogen-bond donors (Lipinski definition) is 2. The molecule has 3 N–H and O–H groups in total. The van der Waals surface area contributed by atoms with Crippen molar-refractivity contribution in [3.05, 3.63) is 0 Å². The van der Waals surface area contributed by atoms with Crippen molar-refractivity contribution in [2.75, 3.05) is 6.54 Å². The van der Waals surface area contributed by atoms with Gasteiger partial charge < -0.3 is 10.8 Å². The summed E-state index contributed by atoms with van der Waals surface area (Å²) in [7, 11) is 0. The minimum absolute atomic E-state index is 0. The van der Waals surface area contributed by atoms with Gasteiger partial charge in [0.2, 0.25) is 0 Å². The van der Waals surface area contributed by atoms with E-state index in [4.69, 9.17) is 10.8 Å². The first-order chi connectivity index (χ1) is 6.22. The SMILES string of the molecule is Cl.NC[C@H]1CC[C@H](CCC(=O)O)CC1. The molecule has 0 saturated heterocycles. The Labute approximate surface area is 91.5 Å². The zero-order valence-electron chi connectivity index (χ0n) is 8.45. The van der Waals surface area contributed by atoms with Gasteiger partial charge in [-0.1, -0.05) is 12.8 Å². The second-order valence-electron chi connectivity index (χ2n) is 4.05. The Balaban J connectivity index is 0.00000169. The Bertz CT molecular complexity index is 168. The summed E-state index contributed by atoms with van der Waals surface area (Å²) in [6.45, 7) is 0.797. The molecule has 0 aliphatic heterocycles. The lowest BCUT2D eigenvalue weighted by molar-refractivity contribution is -0.137. The van der Waals surface area contributed by atoms with Crippen LogP contribution in [0.1, 0.15) is 38.5 Å². The molecule has 0 radical (unpaired) electrons. The van der Waals surface area contributed by atoms with Crippen LogP contribution in [0.25, 0.3) is 0 Å². The monoisotopic (exact) mass is 221 g/mol. The molecule has 0 spiro atoms. The summed E-state index contributed by atoms with van der Waals surface area (Å²) in [5.74, 6) is 0.668. The molecule has 1 rings (SSSR count). The fourth-order valence-corrected chi connectivity index (χ4v) is 2.08. The third kappa shape index (κ3) is 4.82. The number of carbonyl (C=O) groups is 1.